The summed E-state index contributed by atoms with van der Waals surface area (Å²) in [4.78, 5) is 11.6. The van der Waals surface area contributed by atoms with Crippen molar-refractivity contribution in [3.63, 3.8) is 0 Å². The highest BCUT2D eigenvalue weighted by atomic mass is 16.6. The molecule has 0 heterocycles. The number of nitrogens with one attached hydrogen (secondary N) is 1. The Morgan fingerprint density at radius 1 is 0.739 bits per heavy atom. The quantitative estimate of drug-likeness (QED) is 0.448. The molecular formula is C16H33NO6. The van der Waals surface area contributed by atoms with Crippen molar-refractivity contribution in [3.8, 4) is 0 Å². The van der Waals surface area contributed by atoms with Gasteiger partial charge in [-0.25, -0.2) is 0 Å². The van der Waals surface area contributed by atoms with Gasteiger partial charge in [-0.1, -0.05) is 20.8 Å². The van der Waals surface area contributed by atoms with E-state index in [2.05, 4.69) is 5.32 Å². The predicted octanol–water partition coefficient (Wildman–Crippen LogP) is 0.862. The summed E-state index contributed by atoms with van der Waals surface area (Å²) >= 11 is 0. The molecule has 0 aromatic carbocycles. The molecule has 0 aromatic heterocycles. The molecule has 0 aliphatic heterocycles. The number of carbonyl (C=O) groups is 1. The average molecular weight is 335 g/mol. The van der Waals surface area contributed by atoms with Gasteiger partial charge < -0.3 is 29.0 Å². The number of methoxy groups -OCH3 is 1. The Hall–Kier alpha value is -0.730. The summed E-state index contributed by atoms with van der Waals surface area (Å²) in [5.74, 6) is 0.0284. The molecule has 0 aliphatic rings. The lowest BCUT2D eigenvalue weighted by Crippen LogP contribution is -2.36. The summed E-state index contributed by atoms with van der Waals surface area (Å²) in [7, 11) is 1.64. The second-order valence-corrected chi connectivity index (χ2v) is 5.95. The highest BCUT2D eigenvalue weighted by Gasteiger charge is 2.20. The third-order valence-electron chi connectivity index (χ3n) is 2.76. The summed E-state index contributed by atoms with van der Waals surface area (Å²) in [5, 5.41) is 2.82. The van der Waals surface area contributed by atoms with Crippen LogP contribution in [-0.2, 0) is 28.5 Å². The van der Waals surface area contributed by atoms with Gasteiger partial charge in [-0.05, 0) is 0 Å². The maximum absolute atomic E-state index is 11.6. The van der Waals surface area contributed by atoms with Gasteiger partial charge in [0.25, 0.3) is 0 Å². The lowest BCUT2D eigenvalue weighted by Gasteiger charge is -2.17. The van der Waals surface area contributed by atoms with Crippen LogP contribution in [0.2, 0.25) is 0 Å². The van der Waals surface area contributed by atoms with Gasteiger partial charge in [0, 0.05) is 19.1 Å². The van der Waals surface area contributed by atoms with Crippen molar-refractivity contribution in [1.82, 2.24) is 5.32 Å². The first-order valence-corrected chi connectivity index (χ1v) is 8.06. The minimum absolute atomic E-state index is 0.0284. The van der Waals surface area contributed by atoms with E-state index in [4.69, 9.17) is 23.7 Å². The third-order valence-corrected chi connectivity index (χ3v) is 2.76. The molecule has 0 saturated heterocycles. The van der Waals surface area contributed by atoms with Gasteiger partial charge in [0.15, 0.2) is 0 Å². The molecule has 0 aliphatic carbocycles. The first-order chi connectivity index (χ1) is 11.0. The molecule has 138 valence electrons. The molecule has 0 fully saturated rings. The van der Waals surface area contributed by atoms with E-state index in [0.29, 0.717) is 66.0 Å². The van der Waals surface area contributed by atoms with Gasteiger partial charge in [-0.15, -0.1) is 0 Å². The normalized spacial score (nSPS) is 11.7. The fraction of sp³-hybridized carbons (Fsp3) is 0.938. The van der Waals surface area contributed by atoms with E-state index >= 15 is 0 Å². The van der Waals surface area contributed by atoms with Gasteiger partial charge >= 0.3 is 0 Å². The Morgan fingerprint density at radius 3 is 1.52 bits per heavy atom. The van der Waals surface area contributed by atoms with Crippen molar-refractivity contribution in [2.45, 2.75) is 20.8 Å². The van der Waals surface area contributed by atoms with Crippen LogP contribution in [0.5, 0.6) is 0 Å². The van der Waals surface area contributed by atoms with Crippen LogP contribution in [0.4, 0.5) is 0 Å². The van der Waals surface area contributed by atoms with Gasteiger partial charge in [-0.3, -0.25) is 4.79 Å². The predicted molar refractivity (Wildman–Crippen MR) is 87.6 cm³/mol. The summed E-state index contributed by atoms with van der Waals surface area (Å²) in [5.41, 5.74) is -0.363. The van der Waals surface area contributed by atoms with Crippen LogP contribution in [-0.4, -0.2) is 79.0 Å². The second kappa shape index (κ2) is 14.8. The summed E-state index contributed by atoms with van der Waals surface area (Å²) in [6.07, 6.45) is 0. The van der Waals surface area contributed by atoms with Crippen LogP contribution in [0.25, 0.3) is 0 Å². The summed E-state index contributed by atoms with van der Waals surface area (Å²) in [6, 6.07) is 0. The Balaban J connectivity index is 3.12. The van der Waals surface area contributed by atoms with Crippen LogP contribution < -0.4 is 5.32 Å². The Bertz CT molecular complexity index is 280. The number of rotatable bonds is 15. The van der Waals surface area contributed by atoms with Crippen LogP contribution in [0.15, 0.2) is 0 Å². The molecule has 23 heavy (non-hydrogen) atoms. The third kappa shape index (κ3) is 15.9. The van der Waals surface area contributed by atoms with Crippen LogP contribution in [0.1, 0.15) is 20.8 Å². The van der Waals surface area contributed by atoms with E-state index in [0.717, 1.165) is 0 Å². The highest BCUT2D eigenvalue weighted by Crippen LogP contribution is 2.11. The van der Waals surface area contributed by atoms with Crippen molar-refractivity contribution >= 4 is 5.91 Å². The van der Waals surface area contributed by atoms with Crippen molar-refractivity contribution in [2.24, 2.45) is 5.41 Å². The van der Waals surface area contributed by atoms with E-state index in [1.807, 2.05) is 20.8 Å². The van der Waals surface area contributed by atoms with E-state index in [9.17, 15) is 4.79 Å². The van der Waals surface area contributed by atoms with Gasteiger partial charge in [0.2, 0.25) is 5.91 Å². The van der Waals surface area contributed by atoms with E-state index in [-0.39, 0.29) is 11.3 Å². The molecule has 0 atom stereocenters. The smallest absolute Gasteiger partial charge is 0.225 e. The molecule has 7 nitrogen and oxygen atoms in total. The Morgan fingerprint density at radius 2 is 1.13 bits per heavy atom. The minimum atomic E-state index is -0.363. The van der Waals surface area contributed by atoms with E-state index < -0.39 is 0 Å². The Kier molecular flexibility index (Phi) is 14.4. The van der Waals surface area contributed by atoms with Crippen LogP contribution in [0.3, 0.4) is 0 Å². The molecule has 1 N–H and O–H groups in total. The number of hydrogen-bond acceptors (Lipinski definition) is 6. The topological polar surface area (TPSA) is 75.2 Å². The number of ether oxygens (including phenoxy) is 5. The van der Waals surface area contributed by atoms with Crippen molar-refractivity contribution in [3.05, 3.63) is 0 Å². The zero-order chi connectivity index (χ0) is 17.4. The van der Waals surface area contributed by atoms with Crippen LogP contribution in [0, 0.1) is 5.41 Å². The first kappa shape index (κ1) is 22.3. The first-order valence-electron chi connectivity index (χ1n) is 8.06. The number of hydrogen-bond donors (Lipinski definition) is 1. The van der Waals surface area contributed by atoms with Crippen molar-refractivity contribution in [2.75, 3.05) is 73.1 Å². The van der Waals surface area contributed by atoms with Crippen molar-refractivity contribution in [1.29, 1.82) is 0 Å². The van der Waals surface area contributed by atoms with Gasteiger partial charge in [0.1, 0.15) is 0 Å². The Labute approximate surface area is 139 Å². The molecule has 0 saturated carbocycles. The fourth-order valence-electron chi connectivity index (χ4n) is 1.41. The zero-order valence-electron chi connectivity index (χ0n) is 15.0. The number of carbonyl (C=O) groups excluding carboxylic acids is 1. The van der Waals surface area contributed by atoms with E-state index in [1.54, 1.807) is 7.11 Å². The van der Waals surface area contributed by atoms with Gasteiger partial charge in [0.05, 0.1) is 59.5 Å². The standard InChI is InChI=1S/C16H33NO6/c1-16(2,3)15(18)17-5-6-20-9-10-22-13-14-23-12-11-21-8-7-19-4/h5-14H2,1-4H3,(H,17,18). The van der Waals surface area contributed by atoms with Crippen LogP contribution >= 0.6 is 0 Å². The maximum atomic E-state index is 11.6. The second-order valence-electron chi connectivity index (χ2n) is 5.95. The molecule has 0 unspecified atom stereocenters. The summed E-state index contributed by atoms with van der Waals surface area (Å²) in [6.45, 7) is 11.0. The lowest BCUT2D eigenvalue weighted by molar-refractivity contribution is -0.128. The van der Waals surface area contributed by atoms with Gasteiger partial charge in [-0.2, -0.15) is 0 Å². The minimum Gasteiger partial charge on any atom is -0.382 e. The summed E-state index contributed by atoms with van der Waals surface area (Å²) < 4.78 is 26.2. The van der Waals surface area contributed by atoms with Crippen molar-refractivity contribution < 1.29 is 28.5 Å². The lowest BCUT2D eigenvalue weighted by atomic mass is 9.96. The molecule has 7 heteroatoms. The zero-order valence-corrected chi connectivity index (χ0v) is 15.0. The molecule has 0 aromatic rings. The molecule has 0 radical (unpaired) electrons. The molecule has 0 rings (SSSR count). The molecule has 0 spiro atoms. The monoisotopic (exact) mass is 335 g/mol. The fourth-order valence-corrected chi connectivity index (χ4v) is 1.41. The average Bonchev–Trinajstić information content (AvgIpc) is 2.50. The highest BCUT2D eigenvalue weighted by molar-refractivity contribution is 5.81. The largest absolute Gasteiger partial charge is 0.382 e. The number of amides is 1. The SMILES string of the molecule is COCCOCCOCCOCCOCCNC(=O)C(C)(C)C. The maximum Gasteiger partial charge on any atom is 0.225 e. The molecular weight excluding hydrogens is 302 g/mol. The van der Waals surface area contributed by atoms with E-state index in [1.165, 1.54) is 0 Å². The molecule has 0 bridgehead atoms. The molecule has 1 amide bonds.